The van der Waals surface area contributed by atoms with E-state index in [1.165, 1.54) is 11.3 Å². The standard InChI is InChI=1S/C31H37N5O5/c1-21-7-4-5-8-26(21)34-13-15-35(16-14-34)27-19-22(2)24(20-25(27)33-30(38)28-10-9-23(3)41-28)29(37)32-11-6-12-36-17-18-40-31(36)39/h4-5,7-10,19-20H,6,11-18H2,1-3H3,(H,32,37)(H,33,38). The van der Waals surface area contributed by atoms with Crippen molar-refractivity contribution in [2.45, 2.75) is 27.2 Å². The minimum atomic E-state index is -0.370. The van der Waals surface area contributed by atoms with Gasteiger partial charge < -0.3 is 34.5 Å². The summed E-state index contributed by atoms with van der Waals surface area (Å²) in [5.74, 6) is 0.260. The monoisotopic (exact) mass is 559 g/mol. The summed E-state index contributed by atoms with van der Waals surface area (Å²) in [5.41, 5.74) is 5.21. The van der Waals surface area contributed by atoms with Crippen molar-refractivity contribution in [1.82, 2.24) is 10.2 Å². The Labute approximate surface area is 240 Å². The maximum atomic E-state index is 13.2. The number of para-hydroxylation sites is 1. The first kappa shape index (κ1) is 28.1. The lowest BCUT2D eigenvalue weighted by atomic mass is 10.0. The number of rotatable bonds is 9. The van der Waals surface area contributed by atoms with Gasteiger partial charge in [-0.05, 0) is 68.7 Å². The lowest BCUT2D eigenvalue weighted by molar-refractivity contribution is 0.0949. The molecule has 2 N–H and O–H groups in total. The normalized spacial score (nSPS) is 15.2. The first-order chi connectivity index (χ1) is 19.8. The molecule has 0 atom stereocenters. The zero-order valence-corrected chi connectivity index (χ0v) is 23.9. The molecule has 3 amide bonds. The molecular formula is C31H37N5O5. The number of hydrogen-bond acceptors (Lipinski definition) is 7. The highest BCUT2D eigenvalue weighted by atomic mass is 16.6. The van der Waals surface area contributed by atoms with Gasteiger partial charge in [-0.25, -0.2) is 4.79 Å². The van der Waals surface area contributed by atoms with Crippen molar-refractivity contribution < 1.29 is 23.5 Å². The van der Waals surface area contributed by atoms with Crippen LogP contribution in [0.1, 0.15) is 44.2 Å². The molecule has 2 fully saturated rings. The number of carbonyl (C=O) groups is 3. The fraction of sp³-hybridized carbons (Fsp3) is 0.387. The molecule has 2 saturated heterocycles. The fourth-order valence-corrected chi connectivity index (χ4v) is 5.34. The smallest absolute Gasteiger partial charge is 0.409 e. The quantitative estimate of drug-likeness (QED) is 0.375. The zero-order valence-electron chi connectivity index (χ0n) is 23.9. The summed E-state index contributed by atoms with van der Waals surface area (Å²) in [6, 6.07) is 15.5. The van der Waals surface area contributed by atoms with Crippen molar-refractivity contribution in [3.05, 3.63) is 76.7 Å². The number of nitrogens with one attached hydrogen (secondary N) is 2. The second-order valence-electron chi connectivity index (χ2n) is 10.5. The third-order valence-electron chi connectivity index (χ3n) is 7.61. The second kappa shape index (κ2) is 12.4. The SMILES string of the molecule is Cc1ccc(C(=O)Nc2cc(C(=O)NCCCN3CCOC3=O)c(C)cc2N2CCN(c3ccccc3C)CC2)o1. The number of hydrogen-bond donors (Lipinski definition) is 2. The number of ether oxygens (including phenoxy) is 1. The minimum absolute atomic E-state index is 0.213. The molecule has 10 nitrogen and oxygen atoms in total. The van der Waals surface area contributed by atoms with Crippen LogP contribution in [0.4, 0.5) is 21.9 Å². The van der Waals surface area contributed by atoms with Gasteiger partial charge in [-0.2, -0.15) is 0 Å². The molecule has 2 aliphatic rings. The molecule has 3 aromatic rings. The molecule has 216 valence electrons. The Morgan fingerprint density at radius 1 is 0.854 bits per heavy atom. The summed E-state index contributed by atoms with van der Waals surface area (Å²) in [7, 11) is 0. The zero-order chi connectivity index (χ0) is 28.9. The molecule has 10 heteroatoms. The highest BCUT2D eigenvalue weighted by molar-refractivity contribution is 6.06. The molecule has 2 aliphatic heterocycles. The van der Waals surface area contributed by atoms with E-state index in [1.54, 1.807) is 30.0 Å². The molecule has 1 aromatic heterocycles. The van der Waals surface area contributed by atoms with E-state index >= 15 is 0 Å². The van der Waals surface area contributed by atoms with Crippen molar-refractivity contribution in [1.29, 1.82) is 0 Å². The molecule has 0 saturated carbocycles. The highest BCUT2D eigenvalue weighted by Gasteiger charge is 2.25. The van der Waals surface area contributed by atoms with E-state index in [0.29, 0.717) is 49.7 Å². The Bertz CT molecular complexity index is 1430. The molecule has 5 rings (SSSR count). The van der Waals surface area contributed by atoms with E-state index < -0.39 is 0 Å². The summed E-state index contributed by atoms with van der Waals surface area (Å²) < 4.78 is 10.5. The minimum Gasteiger partial charge on any atom is -0.456 e. The van der Waals surface area contributed by atoms with Crippen LogP contribution in [0.25, 0.3) is 0 Å². The number of cyclic esters (lactones) is 1. The fourth-order valence-electron chi connectivity index (χ4n) is 5.34. The van der Waals surface area contributed by atoms with Gasteiger partial charge in [0, 0.05) is 50.5 Å². The molecule has 41 heavy (non-hydrogen) atoms. The first-order valence-electron chi connectivity index (χ1n) is 14.1. The van der Waals surface area contributed by atoms with Gasteiger partial charge in [0.1, 0.15) is 12.4 Å². The van der Waals surface area contributed by atoms with Gasteiger partial charge in [-0.1, -0.05) is 18.2 Å². The van der Waals surface area contributed by atoms with Crippen LogP contribution in [0.3, 0.4) is 0 Å². The van der Waals surface area contributed by atoms with Gasteiger partial charge in [0.15, 0.2) is 5.76 Å². The number of carbonyl (C=O) groups excluding carboxylic acids is 3. The van der Waals surface area contributed by atoms with Gasteiger partial charge in [-0.15, -0.1) is 0 Å². The van der Waals surface area contributed by atoms with E-state index in [2.05, 4.69) is 51.6 Å². The van der Waals surface area contributed by atoms with Gasteiger partial charge in [0.2, 0.25) is 0 Å². The number of piperazine rings is 1. The molecule has 0 bridgehead atoms. The Morgan fingerprint density at radius 3 is 2.24 bits per heavy atom. The largest absolute Gasteiger partial charge is 0.456 e. The highest BCUT2D eigenvalue weighted by Crippen LogP contribution is 2.32. The first-order valence-corrected chi connectivity index (χ1v) is 14.1. The lowest BCUT2D eigenvalue weighted by Crippen LogP contribution is -2.47. The number of anilines is 3. The second-order valence-corrected chi connectivity index (χ2v) is 10.5. The predicted molar refractivity (Wildman–Crippen MR) is 158 cm³/mol. The lowest BCUT2D eigenvalue weighted by Gasteiger charge is -2.39. The van der Waals surface area contributed by atoms with E-state index in [0.717, 1.165) is 37.4 Å². The van der Waals surface area contributed by atoms with Crippen molar-refractivity contribution >= 4 is 35.0 Å². The number of furan rings is 1. The molecule has 0 aliphatic carbocycles. The molecular weight excluding hydrogens is 522 g/mol. The third kappa shape index (κ3) is 6.48. The summed E-state index contributed by atoms with van der Waals surface area (Å²) in [4.78, 5) is 44.2. The molecule has 0 unspecified atom stereocenters. The van der Waals surface area contributed by atoms with Gasteiger partial charge in [-0.3, -0.25) is 9.59 Å². The van der Waals surface area contributed by atoms with Crippen molar-refractivity contribution in [3.63, 3.8) is 0 Å². The van der Waals surface area contributed by atoms with Crippen molar-refractivity contribution in [2.75, 3.05) is 67.5 Å². The topological polar surface area (TPSA) is 107 Å². The van der Waals surface area contributed by atoms with Gasteiger partial charge in [0.05, 0.1) is 17.9 Å². The summed E-state index contributed by atoms with van der Waals surface area (Å²) in [6.07, 6.45) is 0.305. The number of nitrogens with zero attached hydrogens (tertiary/aromatic N) is 3. The predicted octanol–water partition coefficient (Wildman–Crippen LogP) is 4.36. The average Bonchev–Trinajstić information content (AvgIpc) is 3.59. The Balaban J connectivity index is 1.32. The summed E-state index contributed by atoms with van der Waals surface area (Å²) in [5, 5.41) is 5.95. The van der Waals surface area contributed by atoms with Crippen LogP contribution in [0, 0.1) is 20.8 Å². The Hall–Kier alpha value is -4.47. The van der Waals surface area contributed by atoms with Crippen molar-refractivity contribution in [2.24, 2.45) is 0 Å². The van der Waals surface area contributed by atoms with Crippen LogP contribution >= 0.6 is 0 Å². The number of amides is 3. The molecule has 0 radical (unpaired) electrons. The van der Waals surface area contributed by atoms with Gasteiger partial charge in [0.25, 0.3) is 11.8 Å². The third-order valence-corrected chi connectivity index (χ3v) is 7.61. The van der Waals surface area contributed by atoms with Gasteiger partial charge >= 0.3 is 6.09 Å². The van der Waals surface area contributed by atoms with E-state index in [1.807, 2.05) is 13.0 Å². The van der Waals surface area contributed by atoms with E-state index in [9.17, 15) is 14.4 Å². The van der Waals surface area contributed by atoms with Crippen LogP contribution in [-0.2, 0) is 4.74 Å². The molecule has 2 aromatic carbocycles. The Morgan fingerprint density at radius 2 is 1.59 bits per heavy atom. The average molecular weight is 560 g/mol. The number of benzene rings is 2. The van der Waals surface area contributed by atoms with Crippen LogP contribution in [0.5, 0.6) is 0 Å². The maximum Gasteiger partial charge on any atom is 0.409 e. The van der Waals surface area contributed by atoms with Crippen LogP contribution in [0.2, 0.25) is 0 Å². The summed E-state index contributed by atoms with van der Waals surface area (Å²) in [6.45, 7) is 10.9. The van der Waals surface area contributed by atoms with Crippen molar-refractivity contribution in [3.8, 4) is 0 Å². The number of aryl methyl sites for hydroxylation is 3. The molecule has 0 spiro atoms. The van der Waals surface area contributed by atoms with Crippen LogP contribution < -0.4 is 20.4 Å². The maximum absolute atomic E-state index is 13.2. The van der Waals surface area contributed by atoms with E-state index in [-0.39, 0.29) is 23.7 Å². The molecule has 3 heterocycles. The van der Waals surface area contributed by atoms with Crippen LogP contribution in [0.15, 0.2) is 52.9 Å². The van der Waals surface area contributed by atoms with Crippen LogP contribution in [-0.4, -0.2) is 75.2 Å². The Kier molecular flexibility index (Phi) is 8.47. The van der Waals surface area contributed by atoms with E-state index in [4.69, 9.17) is 9.15 Å². The summed E-state index contributed by atoms with van der Waals surface area (Å²) >= 11 is 0.